The molecule has 1 unspecified atom stereocenters. The number of allylic oxidation sites excluding steroid dienone is 2. The van der Waals surface area contributed by atoms with E-state index in [2.05, 4.69) is 32.1 Å². The van der Waals surface area contributed by atoms with Gasteiger partial charge in [0.05, 0.1) is 18.8 Å². The highest BCUT2D eigenvalue weighted by Gasteiger charge is 2.28. The van der Waals surface area contributed by atoms with Crippen LogP contribution in [0.3, 0.4) is 0 Å². The maximum absolute atomic E-state index is 10.8. The van der Waals surface area contributed by atoms with Gasteiger partial charge >= 0.3 is 0 Å². The van der Waals surface area contributed by atoms with Gasteiger partial charge in [-0.1, -0.05) is 58.0 Å². The zero-order valence-corrected chi connectivity index (χ0v) is 19.4. The molecule has 31 heavy (non-hydrogen) atoms. The topological polar surface area (TPSA) is 69.9 Å². The van der Waals surface area contributed by atoms with Gasteiger partial charge < -0.3 is 20.1 Å². The van der Waals surface area contributed by atoms with Crippen molar-refractivity contribution in [3.63, 3.8) is 0 Å². The van der Waals surface area contributed by atoms with Crippen molar-refractivity contribution in [2.75, 3.05) is 0 Å². The first-order chi connectivity index (χ1) is 14.9. The van der Waals surface area contributed by atoms with E-state index in [9.17, 15) is 15.3 Å². The fourth-order valence-corrected chi connectivity index (χ4v) is 3.97. The van der Waals surface area contributed by atoms with E-state index < -0.39 is 5.60 Å². The Kier molecular flexibility index (Phi) is 9.76. The van der Waals surface area contributed by atoms with Crippen LogP contribution in [0.1, 0.15) is 75.6 Å². The molecular formula is C27H38O4. The zero-order chi connectivity index (χ0) is 22.9. The van der Waals surface area contributed by atoms with Crippen molar-refractivity contribution in [1.29, 1.82) is 0 Å². The molecular weight excluding hydrogens is 388 g/mol. The summed E-state index contributed by atoms with van der Waals surface area (Å²) in [6, 6.07) is 13.7. The summed E-state index contributed by atoms with van der Waals surface area (Å²) in [5.41, 5.74) is 4.18. The van der Waals surface area contributed by atoms with Crippen molar-refractivity contribution in [2.45, 2.75) is 78.8 Å². The van der Waals surface area contributed by atoms with E-state index in [0.29, 0.717) is 6.61 Å². The summed E-state index contributed by atoms with van der Waals surface area (Å²) in [7, 11) is 0. The van der Waals surface area contributed by atoms with Gasteiger partial charge in [0.15, 0.2) is 0 Å². The Labute approximate surface area is 187 Å². The van der Waals surface area contributed by atoms with Crippen LogP contribution in [0, 0.1) is 5.92 Å². The molecule has 0 aliphatic heterocycles. The van der Waals surface area contributed by atoms with Crippen LogP contribution in [0.2, 0.25) is 0 Å². The normalized spacial score (nSPS) is 13.3. The molecule has 0 fully saturated rings. The van der Waals surface area contributed by atoms with E-state index in [1.54, 1.807) is 0 Å². The maximum Gasteiger partial charge on any atom is 0.120 e. The third kappa shape index (κ3) is 6.67. The second-order valence-electron chi connectivity index (χ2n) is 8.27. The van der Waals surface area contributed by atoms with E-state index in [-0.39, 0.29) is 19.1 Å². The number of benzene rings is 2. The Balaban J connectivity index is 2.11. The standard InChI is InChI=1S/C27H38O4/c1-5-22(13-11-20(4)27(30,6-2)7-3)23-9-8-10-26(16-23)31-19-21-12-14-24(17-28)25(15-21)18-29/h8-10,12-16,20,28-30H,5-7,11,17-19H2,1-4H3/b22-13+. The van der Waals surface area contributed by atoms with Crippen molar-refractivity contribution in [2.24, 2.45) is 5.92 Å². The highest BCUT2D eigenvalue weighted by Crippen LogP contribution is 2.30. The van der Waals surface area contributed by atoms with Crippen LogP contribution in [-0.2, 0) is 19.8 Å². The Morgan fingerprint density at radius 1 is 1.00 bits per heavy atom. The van der Waals surface area contributed by atoms with Crippen LogP contribution < -0.4 is 4.74 Å². The summed E-state index contributed by atoms with van der Waals surface area (Å²) in [4.78, 5) is 0. The molecule has 0 aliphatic rings. The summed E-state index contributed by atoms with van der Waals surface area (Å²) >= 11 is 0. The van der Waals surface area contributed by atoms with E-state index in [0.717, 1.165) is 53.7 Å². The zero-order valence-electron chi connectivity index (χ0n) is 19.4. The average molecular weight is 427 g/mol. The van der Waals surface area contributed by atoms with Crippen LogP contribution in [0.4, 0.5) is 0 Å². The van der Waals surface area contributed by atoms with Crippen LogP contribution in [0.25, 0.3) is 5.57 Å². The molecule has 2 aromatic carbocycles. The number of hydrogen-bond donors (Lipinski definition) is 3. The van der Waals surface area contributed by atoms with Crippen LogP contribution in [0.15, 0.2) is 48.5 Å². The first-order valence-corrected chi connectivity index (χ1v) is 11.4. The highest BCUT2D eigenvalue weighted by molar-refractivity contribution is 5.66. The molecule has 170 valence electrons. The van der Waals surface area contributed by atoms with Crippen molar-refractivity contribution >= 4 is 5.57 Å². The lowest BCUT2D eigenvalue weighted by molar-refractivity contribution is -0.0178. The van der Waals surface area contributed by atoms with Gasteiger partial charge in [-0.2, -0.15) is 0 Å². The van der Waals surface area contributed by atoms with Crippen LogP contribution in [-0.4, -0.2) is 20.9 Å². The van der Waals surface area contributed by atoms with Gasteiger partial charge in [-0.15, -0.1) is 0 Å². The summed E-state index contributed by atoms with van der Waals surface area (Å²) < 4.78 is 6.00. The minimum atomic E-state index is -0.612. The molecule has 4 heteroatoms. The molecule has 0 aliphatic carbocycles. The average Bonchev–Trinajstić information content (AvgIpc) is 2.82. The molecule has 2 rings (SSSR count). The van der Waals surface area contributed by atoms with Gasteiger partial charge in [0.2, 0.25) is 0 Å². The maximum atomic E-state index is 10.8. The molecule has 0 radical (unpaired) electrons. The SMILES string of the molecule is CC/C(=C\CC(C)C(O)(CC)CC)c1cccc(OCc2ccc(CO)c(CO)c2)c1. The molecule has 0 aromatic heterocycles. The number of aliphatic hydroxyl groups is 3. The molecule has 0 bridgehead atoms. The Bertz CT molecular complexity index is 852. The minimum Gasteiger partial charge on any atom is -0.489 e. The van der Waals surface area contributed by atoms with Crippen molar-refractivity contribution in [1.82, 2.24) is 0 Å². The van der Waals surface area contributed by atoms with Crippen molar-refractivity contribution < 1.29 is 20.1 Å². The summed E-state index contributed by atoms with van der Waals surface area (Å²) in [6.07, 6.45) is 5.53. The first kappa shape index (κ1) is 25.1. The Morgan fingerprint density at radius 3 is 2.32 bits per heavy atom. The number of hydrogen-bond acceptors (Lipinski definition) is 4. The third-order valence-corrected chi connectivity index (χ3v) is 6.46. The lowest BCUT2D eigenvalue weighted by Crippen LogP contribution is -2.34. The molecule has 2 aromatic rings. The molecule has 0 heterocycles. The second kappa shape index (κ2) is 12.0. The predicted molar refractivity (Wildman–Crippen MR) is 127 cm³/mol. The molecule has 0 spiro atoms. The van der Waals surface area contributed by atoms with Gasteiger partial charge in [0, 0.05) is 0 Å². The summed E-state index contributed by atoms with van der Waals surface area (Å²) in [5.74, 6) is 0.992. The fourth-order valence-electron chi connectivity index (χ4n) is 3.97. The predicted octanol–water partition coefficient (Wildman–Crippen LogP) is 5.62. The largest absolute Gasteiger partial charge is 0.489 e. The van der Waals surface area contributed by atoms with Crippen LogP contribution >= 0.6 is 0 Å². The Morgan fingerprint density at radius 2 is 1.71 bits per heavy atom. The molecule has 0 saturated carbocycles. The molecule has 0 amide bonds. The van der Waals surface area contributed by atoms with E-state index >= 15 is 0 Å². The minimum absolute atomic E-state index is 0.0856. The number of ether oxygens (including phenoxy) is 1. The molecule has 1 atom stereocenters. The second-order valence-corrected chi connectivity index (χ2v) is 8.27. The first-order valence-electron chi connectivity index (χ1n) is 11.4. The highest BCUT2D eigenvalue weighted by atomic mass is 16.5. The Hall–Kier alpha value is -2.14. The summed E-state index contributed by atoms with van der Waals surface area (Å²) in [6.45, 7) is 8.57. The fraction of sp³-hybridized carbons (Fsp3) is 0.481. The van der Waals surface area contributed by atoms with E-state index in [1.165, 1.54) is 5.57 Å². The number of aliphatic hydroxyl groups excluding tert-OH is 2. The van der Waals surface area contributed by atoms with Gasteiger partial charge in [0.1, 0.15) is 12.4 Å². The molecule has 3 N–H and O–H groups in total. The van der Waals surface area contributed by atoms with E-state index in [1.807, 2.05) is 44.2 Å². The lowest BCUT2D eigenvalue weighted by atomic mass is 9.81. The van der Waals surface area contributed by atoms with Crippen LogP contribution in [0.5, 0.6) is 5.75 Å². The van der Waals surface area contributed by atoms with E-state index in [4.69, 9.17) is 4.74 Å². The monoisotopic (exact) mass is 426 g/mol. The third-order valence-electron chi connectivity index (χ3n) is 6.46. The van der Waals surface area contributed by atoms with Gasteiger partial charge in [-0.3, -0.25) is 0 Å². The lowest BCUT2D eigenvalue weighted by Gasteiger charge is -2.31. The number of rotatable bonds is 12. The smallest absolute Gasteiger partial charge is 0.120 e. The summed E-state index contributed by atoms with van der Waals surface area (Å²) in [5, 5.41) is 29.6. The van der Waals surface area contributed by atoms with Gasteiger partial charge in [-0.05, 0) is 77.6 Å². The van der Waals surface area contributed by atoms with Crippen molar-refractivity contribution in [3.8, 4) is 5.75 Å². The van der Waals surface area contributed by atoms with Crippen molar-refractivity contribution in [3.05, 3.63) is 70.8 Å². The molecule has 0 saturated heterocycles. The molecule has 4 nitrogen and oxygen atoms in total. The van der Waals surface area contributed by atoms with Gasteiger partial charge in [-0.25, -0.2) is 0 Å². The van der Waals surface area contributed by atoms with Gasteiger partial charge in [0.25, 0.3) is 0 Å². The quantitative estimate of drug-likeness (QED) is 0.412.